The molecule has 1 aromatic rings. The van der Waals surface area contributed by atoms with Crippen LogP contribution >= 0.6 is 0 Å². The van der Waals surface area contributed by atoms with Crippen LogP contribution in [0.3, 0.4) is 0 Å². The molecule has 6 nitrogen and oxygen atoms in total. The van der Waals surface area contributed by atoms with Gasteiger partial charge in [-0.05, 0) is 45.0 Å². The van der Waals surface area contributed by atoms with Gasteiger partial charge in [0.15, 0.2) is 6.61 Å². The minimum absolute atomic E-state index is 0.0181. The van der Waals surface area contributed by atoms with Gasteiger partial charge >= 0.3 is 0 Å². The first-order valence-electron chi connectivity index (χ1n) is 7.16. The highest BCUT2D eigenvalue weighted by atomic mass is 16.5. The van der Waals surface area contributed by atoms with E-state index in [4.69, 9.17) is 10.00 Å². The minimum atomic E-state index is -0.259. The molecule has 22 heavy (non-hydrogen) atoms. The zero-order valence-corrected chi connectivity index (χ0v) is 13.1. The van der Waals surface area contributed by atoms with Crippen molar-refractivity contribution in [2.24, 2.45) is 0 Å². The molecule has 6 heteroatoms. The van der Waals surface area contributed by atoms with Gasteiger partial charge in [-0.1, -0.05) is 0 Å². The van der Waals surface area contributed by atoms with E-state index in [1.165, 1.54) is 4.90 Å². The fraction of sp³-hybridized carbons (Fsp3) is 0.438. The summed E-state index contributed by atoms with van der Waals surface area (Å²) in [6, 6.07) is 8.55. The molecular formula is C16H21N3O3. The number of benzene rings is 1. The summed E-state index contributed by atoms with van der Waals surface area (Å²) < 4.78 is 5.38. The lowest BCUT2D eigenvalue weighted by atomic mass is 10.2. The van der Waals surface area contributed by atoms with Crippen LogP contribution in [0.25, 0.3) is 0 Å². The molecule has 1 rings (SSSR count). The highest BCUT2D eigenvalue weighted by molar-refractivity contribution is 5.85. The van der Waals surface area contributed by atoms with Crippen LogP contribution < -0.4 is 10.1 Å². The highest BCUT2D eigenvalue weighted by Crippen LogP contribution is 2.11. The molecule has 0 aliphatic heterocycles. The Balaban J connectivity index is 2.50. The SMILES string of the molecule is CCN(CC(=O)NC(C)C)C(=O)COc1ccc(C#N)cc1. The Bertz CT molecular complexity index is 547. The predicted octanol–water partition coefficient (Wildman–Crippen LogP) is 1.31. The van der Waals surface area contributed by atoms with E-state index in [0.29, 0.717) is 17.9 Å². The molecule has 0 heterocycles. The molecular weight excluding hydrogens is 282 g/mol. The second-order valence-corrected chi connectivity index (χ2v) is 5.05. The molecule has 0 aromatic heterocycles. The van der Waals surface area contributed by atoms with Crippen LogP contribution in [-0.4, -0.2) is 42.5 Å². The largest absolute Gasteiger partial charge is 0.484 e. The fourth-order valence-corrected chi connectivity index (χ4v) is 1.78. The van der Waals surface area contributed by atoms with E-state index in [1.807, 2.05) is 26.8 Å². The summed E-state index contributed by atoms with van der Waals surface area (Å²) in [5.74, 6) is 0.0596. The van der Waals surface area contributed by atoms with E-state index in [1.54, 1.807) is 24.3 Å². The molecule has 0 unspecified atom stereocenters. The second kappa shape index (κ2) is 8.67. The van der Waals surface area contributed by atoms with Crippen molar-refractivity contribution in [3.8, 4) is 11.8 Å². The Kier molecular flexibility index (Phi) is 6.90. The van der Waals surface area contributed by atoms with Crippen LogP contribution in [0, 0.1) is 11.3 Å². The summed E-state index contributed by atoms with van der Waals surface area (Å²) >= 11 is 0. The van der Waals surface area contributed by atoms with Crippen molar-refractivity contribution in [2.45, 2.75) is 26.8 Å². The van der Waals surface area contributed by atoms with Crippen molar-refractivity contribution in [1.82, 2.24) is 10.2 Å². The van der Waals surface area contributed by atoms with Crippen LogP contribution in [0.2, 0.25) is 0 Å². The van der Waals surface area contributed by atoms with Gasteiger partial charge in [0.2, 0.25) is 5.91 Å². The van der Waals surface area contributed by atoms with E-state index < -0.39 is 0 Å². The maximum absolute atomic E-state index is 12.1. The van der Waals surface area contributed by atoms with Gasteiger partial charge < -0.3 is 15.0 Å². The molecule has 0 radical (unpaired) electrons. The summed E-state index contributed by atoms with van der Waals surface area (Å²) in [5.41, 5.74) is 0.527. The Morgan fingerprint density at radius 3 is 2.45 bits per heavy atom. The number of nitrogens with one attached hydrogen (secondary N) is 1. The first-order chi connectivity index (χ1) is 10.5. The first kappa shape index (κ1) is 17.5. The fourth-order valence-electron chi connectivity index (χ4n) is 1.78. The Labute approximate surface area is 130 Å². The topological polar surface area (TPSA) is 82.4 Å². The van der Waals surface area contributed by atoms with Crippen LogP contribution in [0.1, 0.15) is 26.3 Å². The van der Waals surface area contributed by atoms with Crippen LogP contribution in [0.5, 0.6) is 5.75 Å². The molecule has 0 saturated heterocycles. The van der Waals surface area contributed by atoms with Gasteiger partial charge in [0.05, 0.1) is 18.2 Å². The predicted molar refractivity (Wildman–Crippen MR) is 82.2 cm³/mol. The standard InChI is InChI=1S/C16H21N3O3/c1-4-19(10-15(20)18-12(2)3)16(21)11-22-14-7-5-13(9-17)6-8-14/h5-8,12H,4,10-11H2,1-3H3,(H,18,20). The molecule has 1 N–H and O–H groups in total. The Hall–Kier alpha value is -2.55. The van der Waals surface area contributed by atoms with Crippen molar-refractivity contribution < 1.29 is 14.3 Å². The molecule has 0 aliphatic rings. The van der Waals surface area contributed by atoms with E-state index in [2.05, 4.69) is 5.32 Å². The van der Waals surface area contributed by atoms with Crippen molar-refractivity contribution in [3.63, 3.8) is 0 Å². The van der Waals surface area contributed by atoms with E-state index >= 15 is 0 Å². The van der Waals surface area contributed by atoms with Gasteiger partial charge in [-0.3, -0.25) is 9.59 Å². The average molecular weight is 303 g/mol. The van der Waals surface area contributed by atoms with Crippen molar-refractivity contribution in [1.29, 1.82) is 5.26 Å². The first-order valence-corrected chi connectivity index (χ1v) is 7.16. The van der Waals surface area contributed by atoms with Gasteiger partial charge in [0.1, 0.15) is 5.75 Å². The summed E-state index contributed by atoms with van der Waals surface area (Å²) in [7, 11) is 0. The van der Waals surface area contributed by atoms with Gasteiger partial charge in [0.25, 0.3) is 5.91 Å². The lowest BCUT2D eigenvalue weighted by Gasteiger charge is -2.21. The molecule has 0 aliphatic carbocycles. The number of ether oxygens (including phenoxy) is 1. The van der Waals surface area contributed by atoms with Crippen LogP contribution in [-0.2, 0) is 9.59 Å². The number of likely N-dealkylation sites (N-methyl/N-ethyl adjacent to an activating group) is 1. The number of carbonyl (C=O) groups excluding carboxylic acids is 2. The van der Waals surface area contributed by atoms with Crippen LogP contribution in [0.4, 0.5) is 0 Å². The molecule has 2 amide bonds. The zero-order valence-electron chi connectivity index (χ0n) is 13.1. The highest BCUT2D eigenvalue weighted by Gasteiger charge is 2.16. The van der Waals surface area contributed by atoms with Crippen molar-refractivity contribution in [3.05, 3.63) is 29.8 Å². The number of carbonyl (C=O) groups is 2. The molecule has 1 aromatic carbocycles. The van der Waals surface area contributed by atoms with Gasteiger partial charge in [-0.25, -0.2) is 0 Å². The summed E-state index contributed by atoms with van der Waals surface area (Å²) in [6.07, 6.45) is 0. The Morgan fingerprint density at radius 1 is 1.32 bits per heavy atom. The molecule has 0 saturated carbocycles. The van der Waals surface area contributed by atoms with Crippen molar-refractivity contribution >= 4 is 11.8 Å². The molecule has 0 atom stereocenters. The normalized spacial score (nSPS) is 9.95. The van der Waals surface area contributed by atoms with Crippen molar-refractivity contribution in [2.75, 3.05) is 19.7 Å². The number of hydrogen-bond donors (Lipinski definition) is 1. The quantitative estimate of drug-likeness (QED) is 0.823. The maximum Gasteiger partial charge on any atom is 0.260 e. The number of amides is 2. The lowest BCUT2D eigenvalue weighted by molar-refractivity contribution is -0.137. The third-order valence-electron chi connectivity index (χ3n) is 2.86. The Morgan fingerprint density at radius 2 is 1.95 bits per heavy atom. The summed E-state index contributed by atoms with van der Waals surface area (Å²) in [4.78, 5) is 25.2. The zero-order chi connectivity index (χ0) is 16.5. The third-order valence-corrected chi connectivity index (χ3v) is 2.86. The summed E-state index contributed by atoms with van der Waals surface area (Å²) in [5, 5.41) is 11.5. The van der Waals surface area contributed by atoms with Gasteiger partial charge in [-0.15, -0.1) is 0 Å². The second-order valence-electron chi connectivity index (χ2n) is 5.05. The van der Waals surface area contributed by atoms with E-state index in [0.717, 1.165) is 0 Å². The molecule has 0 bridgehead atoms. The summed E-state index contributed by atoms with van der Waals surface area (Å²) in [6.45, 7) is 5.84. The number of nitrogens with zero attached hydrogens (tertiary/aromatic N) is 2. The van der Waals surface area contributed by atoms with Gasteiger partial charge in [-0.2, -0.15) is 5.26 Å². The van der Waals surface area contributed by atoms with E-state index in [9.17, 15) is 9.59 Å². The number of rotatable bonds is 7. The monoisotopic (exact) mass is 303 g/mol. The smallest absolute Gasteiger partial charge is 0.260 e. The van der Waals surface area contributed by atoms with E-state index in [-0.39, 0.29) is 31.0 Å². The molecule has 0 spiro atoms. The minimum Gasteiger partial charge on any atom is -0.484 e. The van der Waals surface area contributed by atoms with Crippen LogP contribution in [0.15, 0.2) is 24.3 Å². The maximum atomic E-state index is 12.1. The average Bonchev–Trinajstić information content (AvgIpc) is 2.50. The van der Waals surface area contributed by atoms with Gasteiger partial charge in [0, 0.05) is 12.6 Å². The number of nitriles is 1. The lowest BCUT2D eigenvalue weighted by Crippen LogP contribution is -2.44. The molecule has 0 fully saturated rings. The molecule has 118 valence electrons. The number of hydrogen-bond acceptors (Lipinski definition) is 4. The third kappa shape index (κ3) is 5.83.